The lowest BCUT2D eigenvalue weighted by atomic mass is 9.84. The largest absolute Gasteiger partial charge is 0.346 e. The molecule has 2 heteroatoms. The lowest BCUT2D eigenvalue weighted by molar-refractivity contribution is 0.312. The second-order valence-electron chi connectivity index (χ2n) is 5.72. The molecular weight excluding hydrogens is 184 g/mol. The van der Waals surface area contributed by atoms with E-state index in [1.807, 2.05) is 13.1 Å². The quantitative estimate of drug-likeness (QED) is 0.696. The standard InChI is InChI=1S/C13H22N2/c1-10-14-9-12(15-10)11-5-4-7-13(2,3)8-6-11/h9,11H,4-8H2,1-3H3,(H,14,15). The Balaban J connectivity index is 2.05. The van der Waals surface area contributed by atoms with Crippen LogP contribution in [0.1, 0.15) is 63.4 Å². The summed E-state index contributed by atoms with van der Waals surface area (Å²) in [6.07, 6.45) is 8.74. The van der Waals surface area contributed by atoms with Gasteiger partial charge in [-0.15, -0.1) is 0 Å². The molecule has 0 spiro atoms. The van der Waals surface area contributed by atoms with E-state index in [1.54, 1.807) is 0 Å². The maximum atomic E-state index is 4.30. The molecule has 1 fully saturated rings. The highest BCUT2D eigenvalue weighted by atomic mass is 14.9. The summed E-state index contributed by atoms with van der Waals surface area (Å²) >= 11 is 0. The number of H-pyrrole nitrogens is 1. The Labute approximate surface area is 92.5 Å². The maximum Gasteiger partial charge on any atom is 0.103 e. The van der Waals surface area contributed by atoms with Gasteiger partial charge in [-0.1, -0.05) is 20.3 Å². The highest BCUT2D eigenvalue weighted by molar-refractivity contribution is 5.07. The van der Waals surface area contributed by atoms with Gasteiger partial charge in [-0.25, -0.2) is 4.98 Å². The van der Waals surface area contributed by atoms with Crippen molar-refractivity contribution >= 4 is 0 Å². The molecule has 2 nitrogen and oxygen atoms in total. The van der Waals surface area contributed by atoms with Gasteiger partial charge in [0.2, 0.25) is 0 Å². The lowest BCUT2D eigenvalue weighted by Gasteiger charge is -2.21. The predicted octanol–water partition coefficient (Wildman–Crippen LogP) is 3.79. The molecule has 1 unspecified atom stereocenters. The third kappa shape index (κ3) is 2.61. The van der Waals surface area contributed by atoms with Gasteiger partial charge in [0, 0.05) is 17.8 Å². The van der Waals surface area contributed by atoms with Gasteiger partial charge in [-0.2, -0.15) is 0 Å². The van der Waals surface area contributed by atoms with Crippen molar-refractivity contribution in [2.45, 2.75) is 58.8 Å². The molecule has 0 aromatic carbocycles. The Morgan fingerprint density at radius 2 is 2.13 bits per heavy atom. The third-order valence-electron chi connectivity index (χ3n) is 3.74. The van der Waals surface area contributed by atoms with Crippen molar-refractivity contribution in [1.29, 1.82) is 0 Å². The minimum absolute atomic E-state index is 0.545. The number of nitrogens with one attached hydrogen (secondary N) is 1. The monoisotopic (exact) mass is 206 g/mol. The van der Waals surface area contributed by atoms with Gasteiger partial charge in [-0.3, -0.25) is 0 Å². The van der Waals surface area contributed by atoms with E-state index in [9.17, 15) is 0 Å². The predicted molar refractivity (Wildman–Crippen MR) is 62.9 cm³/mol. The van der Waals surface area contributed by atoms with Crippen LogP contribution in [0.2, 0.25) is 0 Å². The summed E-state index contributed by atoms with van der Waals surface area (Å²) in [5.74, 6) is 1.77. The van der Waals surface area contributed by atoms with Gasteiger partial charge >= 0.3 is 0 Å². The Bertz CT molecular complexity index is 325. The van der Waals surface area contributed by atoms with E-state index in [0.717, 1.165) is 5.82 Å². The van der Waals surface area contributed by atoms with Crippen molar-refractivity contribution in [2.24, 2.45) is 5.41 Å². The summed E-state index contributed by atoms with van der Waals surface area (Å²) < 4.78 is 0. The van der Waals surface area contributed by atoms with Crippen LogP contribution >= 0.6 is 0 Å². The first kappa shape index (κ1) is 10.7. The Morgan fingerprint density at radius 1 is 1.33 bits per heavy atom. The molecule has 0 amide bonds. The number of aromatic amines is 1. The van der Waals surface area contributed by atoms with Crippen LogP contribution in [-0.2, 0) is 0 Å². The smallest absolute Gasteiger partial charge is 0.103 e. The summed E-state index contributed by atoms with van der Waals surface area (Å²) in [6, 6.07) is 0. The van der Waals surface area contributed by atoms with Gasteiger partial charge in [0.15, 0.2) is 0 Å². The van der Waals surface area contributed by atoms with E-state index >= 15 is 0 Å². The number of rotatable bonds is 1. The molecule has 1 aromatic heterocycles. The minimum Gasteiger partial charge on any atom is -0.346 e. The Hall–Kier alpha value is -0.790. The SMILES string of the molecule is Cc1ncc(C2CCCC(C)(C)CC2)[nH]1. The summed E-state index contributed by atoms with van der Waals surface area (Å²) in [5.41, 5.74) is 1.90. The highest BCUT2D eigenvalue weighted by Gasteiger charge is 2.25. The molecule has 0 bridgehead atoms. The van der Waals surface area contributed by atoms with Crippen LogP contribution in [0, 0.1) is 12.3 Å². The lowest BCUT2D eigenvalue weighted by Crippen LogP contribution is -2.08. The number of imidazole rings is 1. The number of aryl methyl sites for hydroxylation is 1. The first-order valence-corrected chi connectivity index (χ1v) is 6.08. The van der Waals surface area contributed by atoms with Crippen molar-refractivity contribution in [3.63, 3.8) is 0 Å². The van der Waals surface area contributed by atoms with Gasteiger partial charge < -0.3 is 4.98 Å². The maximum absolute atomic E-state index is 4.30. The van der Waals surface area contributed by atoms with Gasteiger partial charge in [0.1, 0.15) is 5.82 Å². The Morgan fingerprint density at radius 3 is 2.80 bits per heavy atom. The fraction of sp³-hybridized carbons (Fsp3) is 0.769. The fourth-order valence-electron chi connectivity index (χ4n) is 2.62. The van der Waals surface area contributed by atoms with Crippen molar-refractivity contribution in [1.82, 2.24) is 9.97 Å². The molecule has 84 valence electrons. The number of aromatic nitrogens is 2. The third-order valence-corrected chi connectivity index (χ3v) is 3.74. The van der Waals surface area contributed by atoms with Crippen LogP contribution in [0.15, 0.2) is 6.20 Å². The van der Waals surface area contributed by atoms with Crippen LogP contribution in [-0.4, -0.2) is 9.97 Å². The van der Waals surface area contributed by atoms with Crippen molar-refractivity contribution in [2.75, 3.05) is 0 Å². The van der Waals surface area contributed by atoms with Crippen LogP contribution in [0.25, 0.3) is 0 Å². The van der Waals surface area contributed by atoms with E-state index in [4.69, 9.17) is 0 Å². The second-order valence-corrected chi connectivity index (χ2v) is 5.72. The number of hydrogen-bond acceptors (Lipinski definition) is 1. The first-order chi connectivity index (χ1) is 7.07. The molecule has 2 rings (SSSR count). The molecule has 0 aliphatic heterocycles. The summed E-state index contributed by atoms with van der Waals surface area (Å²) in [6.45, 7) is 6.82. The van der Waals surface area contributed by atoms with Crippen molar-refractivity contribution < 1.29 is 0 Å². The van der Waals surface area contributed by atoms with Crippen LogP contribution in [0.3, 0.4) is 0 Å². The molecule has 1 atom stereocenters. The molecule has 1 saturated carbocycles. The van der Waals surface area contributed by atoms with Crippen LogP contribution in [0.5, 0.6) is 0 Å². The first-order valence-electron chi connectivity index (χ1n) is 6.08. The molecule has 1 aromatic rings. The molecule has 1 aliphatic carbocycles. The second kappa shape index (κ2) is 3.99. The van der Waals surface area contributed by atoms with Crippen molar-refractivity contribution in [3.8, 4) is 0 Å². The number of hydrogen-bond donors (Lipinski definition) is 1. The van der Waals surface area contributed by atoms with E-state index in [1.165, 1.54) is 37.8 Å². The van der Waals surface area contributed by atoms with Gasteiger partial charge in [0.25, 0.3) is 0 Å². The van der Waals surface area contributed by atoms with Gasteiger partial charge in [-0.05, 0) is 38.0 Å². The normalized spacial score (nSPS) is 26.2. The summed E-state index contributed by atoms with van der Waals surface area (Å²) in [7, 11) is 0. The highest BCUT2D eigenvalue weighted by Crippen LogP contribution is 2.39. The zero-order valence-electron chi connectivity index (χ0n) is 10.1. The summed E-state index contributed by atoms with van der Waals surface area (Å²) in [5, 5.41) is 0. The zero-order chi connectivity index (χ0) is 10.9. The zero-order valence-corrected chi connectivity index (χ0v) is 10.1. The van der Waals surface area contributed by atoms with E-state index in [2.05, 4.69) is 23.8 Å². The average molecular weight is 206 g/mol. The van der Waals surface area contributed by atoms with Crippen LogP contribution < -0.4 is 0 Å². The fourth-order valence-corrected chi connectivity index (χ4v) is 2.62. The number of nitrogens with zero attached hydrogens (tertiary/aromatic N) is 1. The van der Waals surface area contributed by atoms with Gasteiger partial charge in [0.05, 0.1) is 0 Å². The van der Waals surface area contributed by atoms with Crippen LogP contribution in [0.4, 0.5) is 0 Å². The van der Waals surface area contributed by atoms with E-state index < -0.39 is 0 Å². The summed E-state index contributed by atoms with van der Waals surface area (Å²) in [4.78, 5) is 7.69. The van der Waals surface area contributed by atoms with E-state index in [-0.39, 0.29) is 0 Å². The topological polar surface area (TPSA) is 28.7 Å². The molecule has 0 radical (unpaired) electrons. The Kier molecular flexibility index (Phi) is 2.85. The molecule has 15 heavy (non-hydrogen) atoms. The molecule has 1 heterocycles. The molecule has 0 saturated heterocycles. The molecule has 1 aliphatic rings. The molecule has 1 N–H and O–H groups in total. The molecular formula is C13H22N2. The van der Waals surface area contributed by atoms with E-state index in [0.29, 0.717) is 11.3 Å². The van der Waals surface area contributed by atoms with Crippen molar-refractivity contribution in [3.05, 3.63) is 17.7 Å². The average Bonchev–Trinajstić information content (AvgIpc) is 2.49. The minimum atomic E-state index is 0.545.